The Morgan fingerprint density at radius 3 is 2.00 bits per heavy atom. The fourth-order valence-corrected chi connectivity index (χ4v) is 3.09. The van der Waals surface area contributed by atoms with Crippen molar-refractivity contribution < 1.29 is 9.59 Å². The molecule has 100 valence electrons. The molecule has 2 nitrogen and oxygen atoms in total. The molecule has 0 radical (unpaired) electrons. The van der Waals surface area contributed by atoms with Gasteiger partial charge in [-0.15, -0.1) is 0 Å². The zero-order chi connectivity index (χ0) is 14.6. The molecule has 1 aliphatic rings. The summed E-state index contributed by atoms with van der Waals surface area (Å²) in [7, 11) is 0. The Kier molecular flexibility index (Phi) is 2.36. The Labute approximate surface area is 122 Å². The lowest BCUT2D eigenvalue weighted by Gasteiger charge is -2.20. The second-order valence-electron chi connectivity index (χ2n) is 5.40. The maximum Gasteiger partial charge on any atom is 0.234 e. The minimum atomic E-state index is -0.408. The van der Waals surface area contributed by atoms with E-state index in [2.05, 4.69) is 0 Å². The lowest BCUT2D eigenvalue weighted by atomic mass is 9.81. The third-order valence-corrected chi connectivity index (χ3v) is 4.12. The van der Waals surface area contributed by atoms with E-state index >= 15 is 0 Å². The van der Waals surface area contributed by atoms with Gasteiger partial charge in [-0.2, -0.15) is 0 Å². The van der Waals surface area contributed by atoms with Crippen LogP contribution in [-0.2, 0) is 0 Å². The minimum absolute atomic E-state index is 0.406. The molecule has 0 atom stereocenters. The molecule has 4 rings (SSSR count). The number of aryl methyl sites for hydroxylation is 1. The fraction of sp³-hybridized carbons (Fsp3) is 0.0526. The monoisotopic (exact) mass is 272 g/mol. The molecule has 2 heteroatoms. The van der Waals surface area contributed by atoms with Gasteiger partial charge in [-0.25, -0.2) is 0 Å². The lowest BCUT2D eigenvalue weighted by molar-refractivity contribution is 0.0815. The van der Waals surface area contributed by atoms with E-state index in [-0.39, 0.29) is 0 Å². The number of hydrogen-bond donors (Lipinski definition) is 0. The van der Waals surface area contributed by atoms with Crippen molar-refractivity contribution in [2.75, 3.05) is 0 Å². The molecular weight excluding hydrogens is 260 g/mol. The maximum absolute atomic E-state index is 12.4. The second kappa shape index (κ2) is 4.13. The summed E-state index contributed by atoms with van der Waals surface area (Å²) >= 11 is 0. The predicted octanol–water partition coefficient (Wildman–Crippen LogP) is 4.19. The van der Waals surface area contributed by atoms with Crippen molar-refractivity contribution in [1.29, 1.82) is 0 Å². The average molecular weight is 272 g/mol. The number of fused-ring (bicyclic) bond motifs is 4. The average Bonchev–Trinajstić information content (AvgIpc) is 2.51. The molecule has 0 fully saturated rings. The molecule has 21 heavy (non-hydrogen) atoms. The van der Waals surface area contributed by atoms with Crippen LogP contribution in [0.2, 0.25) is 0 Å². The summed E-state index contributed by atoms with van der Waals surface area (Å²) in [4.78, 5) is 24.7. The zero-order valence-electron chi connectivity index (χ0n) is 11.5. The quantitative estimate of drug-likeness (QED) is 0.575. The number of ketones is 2. The highest BCUT2D eigenvalue weighted by Gasteiger charge is 2.31. The number of carbonyl (C=O) groups is 2. The predicted molar refractivity (Wildman–Crippen MR) is 82.8 cm³/mol. The van der Waals surface area contributed by atoms with Gasteiger partial charge in [-0.3, -0.25) is 9.59 Å². The van der Waals surface area contributed by atoms with Crippen molar-refractivity contribution >= 4 is 22.3 Å². The summed E-state index contributed by atoms with van der Waals surface area (Å²) in [5.74, 6) is -0.815. The molecule has 3 aromatic carbocycles. The Morgan fingerprint density at radius 2 is 1.29 bits per heavy atom. The van der Waals surface area contributed by atoms with E-state index in [4.69, 9.17) is 0 Å². The highest BCUT2D eigenvalue weighted by atomic mass is 16.2. The van der Waals surface area contributed by atoms with Gasteiger partial charge in [0.2, 0.25) is 11.6 Å². The fourth-order valence-electron chi connectivity index (χ4n) is 3.09. The first-order valence-electron chi connectivity index (χ1n) is 6.88. The van der Waals surface area contributed by atoms with Gasteiger partial charge in [0.05, 0.1) is 0 Å². The van der Waals surface area contributed by atoms with Crippen LogP contribution in [0.1, 0.15) is 26.3 Å². The van der Waals surface area contributed by atoms with E-state index in [1.54, 1.807) is 6.07 Å². The first-order valence-corrected chi connectivity index (χ1v) is 6.88. The van der Waals surface area contributed by atoms with Crippen molar-refractivity contribution in [3.63, 3.8) is 0 Å². The normalized spacial score (nSPS) is 13.2. The van der Waals surface area contributed by atoms with E-state index in [1.807, 2.05) is 55.5 Å². The van der Waals surface area contributed by atoms with Gasteiger partial charge in [0.25, 0.3) is 0 Å². The van der Waals surface area contributed by atoms with E-state index < -0.39 is 11.6 Å². The van der Waals surface area contributed by atoms with Crippen molar-refractivity contribution in [2.45, 2.75) is 6.92 Å². The Balaban J connectivity index is 2.17. The largest absolute Gasteiger partial charge is 0.285 e. The molecule has 0 heterocycles. The molecule has 3 aromatic rings. The van der Waals surface area contributed by atoms with Crippen molar-refractivity contribution in [3.8, 4) is 11.1 Å². The number of rotatable bonds is 0. The summed E-state index contributed by atoms with van der Waals surface area (Å²) in [6.45, 7) is 1.97. The summed E-state index contributed by atoms with van der Waals surface area (Å²) in [5.41, 5.74) is 3.81. The first-order chi connectivity index (χ1) is 10.2. The smallest absolute Gasteiger partial charge is 0.234 e. The van der Waals surface area contributed by atoms with E-state index in [9.17, 15) is 9.59 Å². The van der Waals surface area contributed by atoms with E-state index in [0.29, 0.717) is 11.1 Å². The van der Waals surface area contributed by atoms with Gasteiger partial charge < -0.3 is 0 Å². The summed E-state index contributed by atoms with van der Waals surface area (Å²) < 4.78 is 0. The number of hydrogen-bond acceptors (Lipinski definition) is 2. The highest BCUT2D eigenvalue weighted by molar-refractivity contribution is 6.53. The van der Waals surface area contributed by atoms with Crippen LogP contribution in [0.4, 0.5) is 0 Å². The number of carbonyl (C=O) groups excluding carboxylic acids is 2. The molecule has 0 amide bonds. The van der Waals surface area contributed by atoms with E-state index in [1.165, 1.54) is 0 Å². The second-order valence-corrected chi connectivity index (χ2v) is 5.40. The van der Waals surface area contributed by atoms with Gasteiger partial charge in [-0.05, 0) is 46.5 Å². The van der Waals surface area contributed by atoms with Gasteiger partial charge in [-0.1, -0.05) is 42.5 Å². The summed E-state index contributed by atoms with van der Waals surface area (Å²) in [6, 6.07) is 17.3. The van der Waals surface area contributed by atoms with Crippen LogP contribution in [0.25, 0.3) is 21.9 Å². The third-order valence-electron chi connectivity index (χ3n) is 4.12. The van der Waals surface area contributed by atoms with Crippen LogP contribution in [0.5, 0.6) is 0 Å². The molecule has 0 N–H and O–H groups in total. The van der Waals surface area contributed by atoms with E-state index in [0.717, 1.165) is 27.5 Å². The Morgan fingerprint density at radius 1 is 0.667 bits per heavy atom. The molecule has 0 bridgehead atoms. The minimum Gasteiger partial charge on any atom is -0.285 e. The number of Topliss-reactive ketones (excluding diaryl/α,β-unsaturated/α-hetero) is 2. The van der Waals surface area contributed by atoms with Gasteiger partial charge in [0.1, 0.15) is 0 Å². The van der Waals surface area contributed by atoms with Crippen LogP contribution in [0, 0.1) is 6.92 Å². The van der Waals surface area contributed by atoms with Crippen LogP contribution in [0.15, 0.2) is 54.6 Å². The molecule has 0 aliphatic heterocycles. The van der Waals surface area contributed by atoms with Gasteiger partial charge in [0.15, 0.2) is 0 Å². The molecular formula is C19H12O2. The Bertz CT molecular complexity index is 935. The molecule has 0 unspecified atom stereocenters. The number of benzene rings is 3. The standard InChI is InChI=1S/C19H12O2/c1-11-5-4-8-14-17(11)15-9-12-6-2-3-7-13(12)10-16(15)19(21)18(14)20/h2-10H,1H3. The molecule has 0 aromatic heterocycles. The first kappa shape index (κ1) is 12.0. The van der Waals surface area contributed by atoms with Crippen LogP contribution in [-0.4, -0.2) is 11.6 Å². The highest BCUT2D eigenvalue weighted by Crippen LogP contribution is 2.37. The summed E-state index contributed by atoms with van der Waals surface area (Å²) in [5, 5.41) is 2.06. The Hall–Kier alpha value is -2.74. The molecule has 1 aliphatic carbocycles. The molecule has 0 saturated carbocycles. The molecule has 0 spiro atoms. The lowest BCUT2D eigenvalue weighted by Crippen LogP contribution is -2.21. The van der Waals surface area contributed by atoms with Crippen LogP contribution < -0.4 is 0 Å². The van der Waals surface area contributed by atoms with Crippen LogP contribution >= 0.6 is 0 Å². The van der Waals surface area contributed by atoms with Gasteiger partial charge >= 0.3 is 0 Å². The maximum atomic E-state index is 12.4. The SMILES string of the molecule is Cc1cccc2c1-c1cc3ccccc3cc1C(=O)C2=O. The topological polar surface area (TPSA) is 34.1 Å². The van der Waals surface area contributed by atoms with Crippen molar-refractivity contribution in [1.82, 2.24) is 0 Å². The van der Waals surface area contributed by atoms with Crippen molar-refractivity contribution in [2.24, 2.45) is 0 Å². The van der Waals surface area contributed by atoms with Crippen LogP contribution in [0.3, 0.4) is 0 Å². The van der Waals surface area contributed by atoms with Gasteiger partial charge in [0, 0.05) is 11.1 Å². The zero-order valence-corrected chi connectivity index (χ0v) is 11.5. The summed E-state index contributed by atoms with van der Waals surface area (Å²) in [6.07, 6.45) is 0. The van der Waals surface area contributed by atoms with Crippen molar-refractivity contribution in [3.05, 3.63) is 71.3 Å². The third kappa shape index (κ3) is 1.59. The molecule has 0 saturated heterocycles.